The SMILES string of the molecule is COc1ccc(C(CNC(=O)COc2cc(C)ccc2C(C)C)N2CCCC2)cc1.Cl. The molecule has 5 nitrogen and oxygen atoms in total. The Hall–Kier alpha value is -2.24. The second-order valence-electron chi connectivity index (χ2n) is 8.32. The van der Waals surface area contributed by atoms with E-state index in [9.17, 15) is 4.79 Å². The predicted octanol–water partition coefficient (Wildman–Crippen LogP) is 4.88. The normalized spacial score (nSPS) is 14.7. The Morgan fingerprint density at radius 1 is 1.10 bits per heavy atom. The van der Waals surface area contributed by atoms with Crippen molar-refractivity contribution in [2.45, 2.75) is 45.6 Å². The van der Waals surface area contributed by atoms with E-state index in [0.717, 1.165) is 35.7 Å². The van der Waals surface area contributed by atoms with Crippen molar-refractivity contribution in [3.63, 3.8) is 0 Å². The molecule has 0 bridgehead atoms. The largest absolute Gasteiger partial charge is 0.497 e. The maximum atomic E-state index is 12.6. The number of aryl methyl sites for hydroxylation is 1. The summed E-state index contributed by atoms with van der Waals surface area (Å²) in [7, 11) is 1.67. The zero-order valence-electron chi connectivity index (χ0n) is 19.0. The van der Waals surface area contributed by atoms with Gasteiger partial charge in [-0.25, -0.2) is 0 Å². The Morgan fingerprint density at radius 2 is 1.77 bits per heavy atom. The van der Waals surface area contributed by atoms with E-state index in [4.69, 9.17) is 9.47 Å². The third kappa shape index (κ3) is 6.88. The molecular weight excluding hydrogens is 412 g/mol. The van der Waals surface area contributed by atoms with E-state index < -0.39 is 0 Å². The van der Waals surface area contributed by atoms with Gasteiger partial charge in [0.2, 0.25) is 0 Å². The lowest BCUT2D eigenvalue weighted by Crippen LogP contribution is -2.38. The molecule has 0 saturated carbocycles. The summed E-state index contributed by atoms with van der Waals surface area (Å²) in [6.07, 6.45) is 2.41. The molecule has 1 amide bonds. The lowest BCUT2D eigenvalue weighted by atomic mass is 10.0. The molecule has 1 aliphatic rings. The van der Waals surface area contributed by atoms with Gasteiger partial charge in [0, 0.05) is 6.54 Å². The number of carbonyl (C=O) groups excluding carboxylic acids is 1. The zero-order valence-corrected chi connectivity index (χ0v) is 19.8. The minimum atomic E-state index is -0.0936. The summed E-state index contributed by atoms with van der Waals surface area (Å²) in [4.78, 5) is 15.0. The second kappa shape index (κ2) is 12.0. The molecule has 1 atom stereocenters. The number of nitrogens with zero attached hydrogens (tertiary/aromatic N) is 1. The minimum absolute atomic E-state index is 0. The highest BCUT2D eigenvalue weighted by Crippen LogP contribution is 2.28. The van der Waals surface area contributed by atoms with Crippen LogP contribution in [-0.2, 0) is 4.79 Å². The van der Waals surface area contributed by atoms with Crippen LogP contribution in [0.3, 0.4) is 0 Å². The van der Waals surface area contributed by atoms with Gasteiger partial charge >= 0.3 is 0 Å². The molecule has 0 aliphatic carbocycles. The number of methoxy groups -OCH3 is 1. The molecule has 1 saturated heterocycles. The van der Waals surface area contributed by atoms with Crippen LogP contribution in [0.25, 0.3) is 0 Å². The molecule has 1 heterocycles. The number of hydrogen-bond acceptors (Lipinski definition) is 4. The smallest absolute Gasteiger partial charge is 0.258 e. The molecule has 1 N–H and O–H groups in total. The van der Waals surface area contributed by atoms with Crippen molar-refractivity contribution < 1.29 is 14.3 Å². The van der Waals surface area contributed by atoms with Crippen molar-refractivity contribution in [1.82, 2.24) is 10.2 Å². The standard InChI is InChI=1S/C25H34N2O3.ClH/c1-18(2)22-12-7-19(3)15-24(22)30-17-25(28)26-16-23(27-13-5-6-14-27)20-8-10-21(29-4)11-9-20;/h7-12,15,18,23H,5-6,13-14,16-17H2,1-4H3,(H,26,28);1H. The van der Waals surface area contributed by atoms with Crippen molar-refractivity contribution in [3.05, 3.63) is 59.2 Å². The molecule has 1 aliphatic heterocycles. The van der Waals surface area contributed by atoms with Crippen LogP contribution in [0.2, 0.25) is 0 Å². The van der Waals surface area contributed by atoms with Crippen molar-refractivity contribution in [2.75, 3.05) is 33.4 Å². The summed E-state index contributed by atoms with van der Waals surface area (Å²) in [5.74, 6) is 1.89. The molecule has 31 heavy (non-hydrogen) atoms. The summed E-state index contributed by atoms with van der Waals surface area (Å²) in [5.41, 5.74) is 3.45. The Kier molecular flexibility index (Phi) is 9.66. The molecule has 170 valence electrons. The topological polar surface area (TPSA) is 50.8 Å². The van der Waals surface area contributed by atoms with E-state index in [2.05, 4.69) is 48.3 Å². The number of halogens is 1. The maximum Gasteiger partial charge on any atom is 0.258 e. The van der Waals surface area contributed by atoms with E-state index in [-0.39, 0.29) is 31.0 Å². The highest BCUT2D eigenvalue weighted by molar-refractivity contribution is 5.85. The van der Waals surface area contributed by atoms with Gasteiger partial charge in [0.25, 0.3) is 5.91 Å². The average molecular weight is 447 g/mol. The Morgan fingerprint density at radius 3 is 2.39 bits per heavy atom. The summed E-state index contributed by atoms with van der Waals surface area (Å²) in [6, 6.07) is 14.5. The molecule has 2 aromatic carbocycles. The number of hydrogen-bond donors (Lipinski definition) is 1. The van der Waals surface area contributed by atoms with Gasteiger partial charge in [0.1, 0.15) is 11.5 Å². The number of carbonyl (C=O) groups is 1. The Bertz CT molecular complexity index is 833. The lowest BCUT2D eigenvalue weighted by molar-refractivity contribution is -0.123. The van der Waals surface area contributed by atoms with Crippen LogP contribution < -0.4 is 14.8 Å². The fourth-order valence-corrected chi connectivity index (χ4v) is 3.99. The molecule has 0 radical (unpaired) electrons. The minimum Gasteiger partial charge on any atom is -0.497 e. The zero-order chi connectivity index (χ0) is 21.5. The highest BCUT2D eigenvalue weighted by atomic mass is 35.5. The Balaban J connectivity index is 0.00000341. The number of amides is 1. The molecular formula is C25H35ClN2O3. The highest BCUT2D eigenvalue weighted by Gasteiger charge is 2.24. The van der Waals surface area contributed by atoms with Gasteiger partial charge in [-0.2, -0.15) is 0 Å². The summed E-state index contributed by atoms with van der Waals surface area (Å²) >= 11 is 0. The van der Waals surface area contributed by atoms with Gasteiger partial charge in [-0.15, -0.1) is 12.4 Å². The molecule has 6 heteroatoms. The predicted molar refractivity (Wildman–Crippen MR) is 128 cm³/mol. The first-order chi connectivity index (χ1) is 14.5. The van der Waals surface area contributed by atoms with E-state index in [0.29, 0.717) is 12.5 Å². The first kappa shape index (κ1) is 25.0. The summed E-state index contributed by atoms with van der Waals surface area (Å²) in [6.45, 7) is 9.01. The first-order valence-corrected chi connectivity index (χ1v) is 10.9. The number of likely N-dealkylation sites (tertiary alicyclic amines) is 1. The van der Waals surface area contributed by atoms with Crippen molar-refractivity contribution in [1.29, 1.82) is 0 Å². The van der Waals surface area contributed by atoms with Crippen LogP contribution in [0.15, 0.2) is 42.5 Å². The molecule has 3 rings (SSSR count). The molecule has 2 aromatic rings. The van der Waals surface area contributed by atoms with Crippen LogP contribution in [0, 0.1) is 6.92 Å². The van der Waals surface area contributed by atoms with Gasteiger partial charge in [-0.05, 0) is 73.7 Å². The van der Waals surface area contributed by atoms with E-state index in [1.165, 1.54) is 18.4 Å². The van der Waals surface area contributed by atoms with Crippen LogP contribution in [0.5, 0.6) is 11.5 Å². The monoisotopic (exact) mass is 446 g/mol. The van der Waals surface area contributed by atoms with E-state index in [1.807, 2.05) is 25.1 Å². The quantitative estimate of drug-likeness (QED) is 0.596. The number of ether oxygens (including phenoxy) is 2. The van der Waals surface area contributed by atoms with E-state index in [1.54, 1.807) is 7.11 Å². The average Bonchev–Trinajstić information content (AvgIpc) is 3.27. The van der Waals surface area contributed by atoms with Crippen LogP contribution in [0.4, 0.5) is 0 Å². The fraction of sp³-hybridized carbons (Fsp3) is 0.480. The summed E-state index contributed by atoms with van der Waals surface area (Å²) in [5, 5.41) is 3.08. The third-order valence-corrected chi connectivity index (χ3v) is 5.72. The molecule has 1 fully saturated rings. The summed E-state index contributed by atoms with van der Waals surface area (Å²) < 4.78 is 11.2. The molecule has 0 aromatic heterocycles. The van der Waals surface area contributed by atoms with Crippen LogP contribution in [0.1, 0.15) is 55.3 Å². The number of rotatable bonds is 9. The van der Waals surface area contributed by atoms with Crippen molar-refractivity contribution in [2.24, 2.45) is 0 Å². The van der Waals surface area contributed by atoms with Gasteiger partial charge in [-0.3, -0.25) is 9.69 Å². The van der Waals surface area contributed by atoms with Gasteiger partial charge in [0.05, 0.1) is 13.2 Å². The molecule has 1 unspecified atom stereocenters. The second-order valence-corrected chi connectivity index (χ2v) is 8.32. The Labute approximate surface area is 192 Å². The first-order valence-electron chi connectivity index (χ1n) is 10.9. The third-order valence-electron chi connectivity index (χ3n) is 5.72. The van der Waals surface area contributed by atoms with Gasteiger partial charge in [0.15, 0.2) is 6.61 Å². The van der Waals surface area contributed by atoms with Crippen molar-refractivity contribution in [3.8, 4) is 11.5 Å². The lowest BCUT2D eigenvalue weighted by Gasteiger charge is -2.28. The van der Waals surface area contributed by atoms with Crippen LogP contribution >= 0.6 is 12.4 Å². The van der Waals surface area contributed by atoms with Gasteiger partial charge < -0.3 is 14.8 Å². The number of nitrogens with one attached hydrogen (secondary N) is 1. The van der Waals surface area contributed by atoms with Gasteiger partial charge in [-0.1, -0.05) is 38.1 Å². The molecule has 0 spiro atoms. The van der Waals surface area contributed by atoms with Crippen molar-refractivity contribution >= 4 is 18.3 Å². The van der Waals surface area contributed by atoms with E-state index >= 15 is 0 Å². The number of benzene rings is 2. The van der Waals surface area contributed by atoms with Crippen LogP contribution in [-0.4, -0.2) is 44.2 Å². The maximum absolute atomic E-state index is 12.6. The fourth-order valence-electron chi connectivity index (χ4n) is 3.99.